The van der Waals surface area contributed by atoms with Gasteiger partial charge in [-0.15, -0.1) is 11.3 Å². The van der Waals surface area contributed by atoms with Crippen LogP contribution in [-0.4, -0.2) is 30.3 Å². The molecule has 4 nitrogen and oxygen atoms in total. The van der Waals surface area contributed by atoms with Gasteiger partial charge in [-0.3, -0.25) is 4.79 Å². The molecule has 1 aromatic rings. The predicted octanol–water partition coefficient (Wildman–Crippen LogP) is 1.67. The molecule has 0 saturated heterocycles. The van der Waals surface area contributed by atoms with Crippen LogP contribution in [0.15, 0.2) is 11.4 Å². The molecule has 1 amide bonds. The van der Waals surface area contributed by atoms with Gasteiger partial charge in [0.1, 0.15) is 6.61 Å². The summed E-state index contributed by atoms with van der Waals surface area (Å²) in [5.74, 6) is 5.52. The summed E-state index contributed by atoms with van der Waals surface area (Å²) in [6.45, 7) is 0.323. The highest BCUT2D eigenvalue weighted by atomic mass is 32.1. The van der Waals surface area contributed by atoms with E-state index >= 15 is 0 Å². The summed E-state index contributed by atoms with van der Waals surface area (Å²) in [4.78, 5) is 13.0. The molecule has 1 aromatic heterocycles. The van der Waals surface area contributed by atoms with E-state index in [1.807, 2.05) is 11.4 Å². The molecular weight excluding hydrogens is 274 g/mol. The van der Waals surface area contributed by atoms with Crippen LogP contribution < -0.4 is 5.32 Å². The van der Waals surface area contributed by atoms with Crippen LogP contribution in [-0.2, 0) is 16.1 Å². The summed E-state index contributed by atoms with van der Waals surface area (Å²) < 4.78 is 5.45. The Morgan fingerprint density at radius 3 is 3.00 bits per heavy atom. The standard InChI is InChI=1S/C15H19NO3S/c1-19-15(6-3-7-15)10-14(18)16-11-13-12(4-2-8-17)5-9-20-13/h5,9,17H,3,6-8,10-11H2,1H3,(H,16,18). The summed E-state index contributed by atoms with van der Waals surface area (Å²) in [5.41, 5.74) is 0.633. The van der Waals surface area contributed by atoms with Gasteiger partial charge in [0, 0.05) is 17.6 Å². The molecule has 0 atom stereocenters. The van der Waals surface area contributed by atoms with Gasteiger partial charge >= 0.3 is 0 Å². The van der Waals surface area contributed by atoms with Gasteiger partial charge in [0.25, 0.3) is 0 Å². The molecule has 0 unspecified atom stereocenters. The first-order valence-corrected chi connectivity index (χ1v) is 7.55. The summed E-state index contributed by atoms with van der Waals surface area (Å²) in [6.07, 6.45) is 3.48. The SMILES string of the molecule is COC1(CC(=O)NCc2sccc2C#CCO)CCC1. The van der Waals surface area contributed by atoms with E-state index in [1.54, 1.807) is 18.4 Å². The average molecular weight is 293 g/mol. The second-order valence-electron chi connectivity index (χ2n) is 4.91. The molecule has 108 valence electrons. The Balaban J connectivity index is 1.86. The largest absolute Gasteiger partial charge is 0.384 e. The summed E-state index contributed by atoms with van der Waals surface area (Å²) in [5, 5.41) is 13.6. The zero-order valence-corrected chi connectivity index (χ0v) is 12.4. The topological polar surface area (TPSA) is 58.6 Å². The monoisotopic (exact) mass is 293 g/mol. The Bertz CT molecular complexity index is 517. The molecule has 0 radical (unpaired) electrons. The number of hydrogen-bond acceptors (Lipinski definition) is 4. The number of ether oxygens (including phenoxy) is 1. The molecule has 0 bridgehead atoms. The third-order valence-electron chi connectivity index (χ3n) is 3.67. The quantitative estimate of drug-likeness (QED) is 0.812. The molecule has 1 aliphatic rings. The van der Waals surface area contributed by atoms with E-state index in [0.29, 0.717) is 13.0 Å². The van der Waals surface area contributed by atoms with E-state index in [9.17, 15) is 4.79 Å². The highest BCUT2D eigenvalue weighted by molar-refractivity contribution is 7.10. The number of nitrogens with one attached hydrogen (secondary N) is 1. The molecule has 1 aliphatic carbocycles. The van der Waals surface area contributed by atoms with Gasteiger partial charge in [-0.1, -0.05) is 11.8 Å². The van der Waals surface area contributed by atoms with Crippen LogP contribution in [0.5, 0.6) is 0 Å². The van der Waals surface area contributed by atoms with Gasteiger partial charge in [0.2, 0.25) is 5.91 Å². The van der Waals surface area contributed by atoms with Gasteiger partial charge in [0.05, 0.1) is 18.6 Å². The van der Waals surface area contributed by atoms with E-state index in [0.717, 1.165) is 29.7 Å². The van der Waals surface area contributed by atoms with Gasteiger partial charge in [-0.25, -0.2) is 0 Å². The van der Waals surface area contributed by atoms with Gasteiger partial charge < -0.3 is 15.2 Å². The molecule has 0 spiro atoms. The van der Waals surface area contributed by atoms with Gasteiger partial charge in [0.15, 0.2) is 0 Å². The molecule has 1 saturated carbocycles. The van der Waals surface area contributed by atoms with Crippen molar-refractivity contribution >= 4 is 17.2 Å². The van der Waals surface area contributed by atoms with Crippen molar-refractivity contribution in [2.75, 3.05) is 13.7 Å². The Labute approximate surface area is 123 Å². The summed E-state index contributed by atoms with van der Waals surface area (Å²) >= 11 is 1.56. The van der Waals surface area contributed by atoms with Crippen molar-refractivity contribution < 1.29 is 14.6 Å². The Morgan fingerprint density at radius 1 is 1.60 bits per heavy atom. The molecule has 5 heteroatoms. The molecular formula is C15H19NO3S. The molecule has 2 N–H and O–H groups in total. The second kappa shape index (κ2) is 6.89. The molecule has 0 aliphatic heterocycles. The molecule has 0 aromatic carbocycles. The minimum atomic E-state index is -0.237. The van der Waals surface area contributed by atoms with Crippen LogP contribution in [0, 0.1) is 11.8 Å². The predicted molar refractivity (Wildman–Crippen MR) is 78.3 cm³/mol. The van der Waals surface area contributed by atoms with Crippen LogP contribution in [0.3, 0.4) is 0 Å². The van der Waals surface area contributed by atoms with Crippen molar-refractivity contribution in [1.82, 2.24) is 5.32 Å². The highest BCUT2D eigenvalue weighted by Gasteiger charge is 2.38. The Morgan fingerprint density at radius 2 is 2.40 bits per heavy atom. The smallest absolute Gasteiger partial charge is 0.223 e. The number of aliphatic hydroxyl groups excluding tert-OH is 1. The summed E-state index contributed by atoms with van der Waals surface area (Å²) in [6, 6.07) is 1.90. The van der Waals surface area contributed by atoms with Crippen LogP contribution in [0.2, 0.25) is 0 Å². The number of amides is 1. The second-order valence-corrected chi connectivity index (χ2v) is 5.91. The number of thiophene rings is 1. The molecule has 1 fully saturated rings. The highest BCUT2D eigenvalue weighted by Crippen LogP contribution is 2.37. The van der Waals surface area contributed by atoms with Gasteiger partial charge in [-0.2, -0.15) is 0 Å². The fourth-order valence-electron chi connectivity index (χ4n) is 2.28. The maximum atomic E-state index is 12.0. The molecule has 1 heterocycles. The minimum absolute atomic E-state index is 0.0148. The Kier molecular flexibility index (Phi) is 5.18. The third kappa shape index (κ3) is 3.60. The normalized spacial score (nSPS) is 15.9. The first kappa shape index (κ1) is 15.0. The minimum Gasteiger partial charge on any atom is -0.384 e. The van der Waals surface area contributed by atoms with E-state index in [-0.39, 0.29) is 18.1 Å². The number of carbonyl (C=O) groups is 1. The van der Waals surface area contributed by atoms with E-state index < -0.39 is 0 Å². The molecule has 2 rings (SSSR count). The number of hydrogen-bond donors (Lipinski definition) is 2. The van der Waals surface area contributed by atoms with E-state index in [4.69, 9.17) is 9.84 Å². The third-order valence-corrected chi connectivity index (χ3v) is 4.60. The first-order valence-electron chi connectivity index (χ1n) is 6.67. The van der Waals surface area contributed by atoms with Crippen LogP contribution >= 0.6 is 11.3 Å². The lowest BCUT2D eigenvalue weighted by Gasteiger charge is -2.39. The van der Waals surface area contributed by atoms with Crippen molar-refractivity contribution in [1.29, 1.82) is 0 Å². The van der Waals surface area contributed by atoms with Crippen molar-refractivity contribution in [3.8, 4) is 11.8 Å². The fourth-order valence-corrected chi connectivity index (χ4v) is 3.05. The van der Waals surface area contributed by atoms with Crippen LogP contribution in [0.4, 0.5) is 0 Å². The Hall–Kier alpha value is -1.35. The van der Waals surface area contributed by atoms with E-state index in [1.165, 1.54) is 0 Å². The van der Waals surface area contributed by atoms with Gasteiger partial charge in [-0.05, 0) is 30.7 Å². The van der Waals surface area contributed by atoms with Crippen molar-refractivity contribution in [2.24, 2.45) is 0 Å². The van der Waals surface area contributed by atoms with Crippen LogP contribution in [0.1, 0.15) is 36.1 Å². The lowest BCUT2D eigenvalue weighted by atomic mass is 9.77. The van der Waals surface area contributed by atoms with E-state index in [2.05, 4.69) is 17.2 Å². The number of rotatable bonds is 5. The zero-order valence-electron chi connectivity index (χ0n) is 11.6. The maximum Gasteiger partial charge on any atom is 0.223 e. The lowest BCUT2D eigenvalue weighted by molar-refractivity contribution is -0.134. The van der Waals surface area contributed by atoms with Crippen molar-refractivity contribution in [3.05, 3.63) is 21.9 Å². The number of carbonyl (C=O) groups excluding carboxylic acids is 1. The zero-order chi connectivity index (χ0) is 14.4. The van der Waals surface area contributed by atoms with Crippen molar-refractivity contribution in [3.63, 3.8) is 0 Å². The maximum absolute atomic E-state index is 12.0. The van der Waals surface area contributed by atoms with Crippen molar-refractivity contribution in [2.45, 2.75) is 37.8 Å². The average Bonchev–Trinajstić information content (AvgIpc) is 2.85. The summed E-state index contributed by atoms with van der Waals surface area (Å²) in [7, 11) is 1.67. The lowest BCUT2D eigenvalue weighted by Crippen LogP contribution is -2.43. The molecule has 20 heavy (non-hydrogen) atoms. The number of aliphatic hydroxyl groups is 1. The first-order chi connectivity index (χ1) is 9.69. The van der Waals surface area contributed by atoms with Crippen LogP contribution in [0.25, 0.3) is 0 Å². The fraction of sp³-hybridized carbons (Fsp3) is 0.533. The number of methoxy groups -OCH3 is 1.